The molecule has 5 nitrogen and oxygen atoms in total. The number of hydrogen-bond donors (Lipinski definition) is 0. The van der Waals surface area contributed by atoms with Gasteiger partial charge in [-0.25, -0.2) is 9.97 Å². The van der Waals surface area contributed by atoms with Gasteiger partial charge in [0.1, 0.15) is 5.75 Å². The van der Waals surface area contributed by atoms with E-state index in [2.05, 4.69) is 38.0 Å². The first-order valence-electron chi connectivity index (χ1n) is 7.91. The average molecular weight is 310 g/mol. The molecule has 0 saturated carbocycles. The van der Waals surface area contributed by atoms with Gasteiger partial charge in [-0.15, -0.1) is 0 Å². The summed E-state index contributed by atoms with van der Waals surface area (Å²) in [6.45, 7) is 4.92. The molecule has 1 aromatic carbocycles. The van der Waals surface area contributed by atoms with Crippen LogP contribution in [-0.4, -0.2) is 54.7 Å². The molecule has 1 aliphatic rings. The van der Waals surface area contributed by atoms with Crippen LogP contribution < -0.4 is 9.64 Å². The summed E-state index contributed by atoms with van der Waals surface area (Å²) in [5.41, 5.74) is 1.12. The van der Waals surface area contributed by atoms with Crippen LogP contribution in [0.4, 0.5) is 5.95 Å². The van der Waals surface area contributed by atoms with Gasteiger partial charge in [0.15, 0.2) is 0 Å². The lowest BCUT2D eigenvalue weighted by atomic mass is 10.2. The summed E-state index contributed by atoms with van der Waals surface area (Å²) in [5.74, 6) is 1.74. The van der Waals surface area contributed by atoms with Crippen molar-refractivity contribution < 1.29 is 4.74 Å². The largest absolute Gasteiger partial charge is 0.496 e. The minimum Gasteiger partial charge on any atom is -0.496 e. The van der Waals surface area contributed by atoms with E-state index in [0.717, 1.165) is 50.0 Å². The number of methoxy groups -OCH3 is 1. The van der Waals surface area contributed by atoms with E-state index >= 15 is 0 Å². The first-order valence-corrected chi connectivity index (χ1v) is 7.91. The highest BCUT2D eigenvalue weighted by Gasteiger charge is 2.17. The Morgan fingerprint density at radius 2 is 1.78 bits per heavy atom. The number of aromatic nitrogens is 2. The smallest absolute Gasteiger partial charge is 0.225 e. The second kappa shape index (κ2) is 7.74. The molecule has 5 heteroatoms. The summed E-state index contributed by atoms with van der Waals surface area (Å²) in [6.07, 6.45) is 7.92. The Balaban J connectivity index is 1.50. The minimum atomic E-state index is 0.830. The van der Waals surface area contributed by atoms with E-state index in [1.807, 2.05) is 24.3 Å². The van der Waals surface area contributed by atoms with Crippen LogP contribution in [0.2, 0.25) is 0 Å². The van der Waals surface area contributed by atoms with Crippen molar-refractivity contribution in [3.63, 3.8) is 0 Å². The Labute approximate surface area is 137 Å². The van der Waals surface area contributed by atoms with E-state index in [4.69, 9.17) is 4.74 Å². The number of piperazine rings is 1. The zero-order valence-corrected chi connectivity index (χ0v) is 13.4. The van der Waals surface area contributed by atoms with Crippen LogP contribution in [0.1, 0.15) is 5.56 Å². The van der Waals surface area contributed by atoms with E-state index < -0.39 is 0 Å². The summed E-state index contributed by atoms with van der Waals surface area (Å²) in [4.78, 5) is 13.3. The lowest BCUT2D eigenvalue weighted by Gasteiger charge is -2.34. The average Bonchev–Trinajstić information content (AvgIpc) is 2.63. The number of anilines is 1. The maximum Gasteiger partial charge on any atom is 0.225 e. The third-order valence-electron chi connectivity index (χ3n) is 4.01. The van der Waals surface area contributed by atoms with Crippen molar-refractivity contribution in [3.05, 3.63) is 54.4 Å². The van der Waals surface area contributed by atoms with Crippen molar-refractivity contribution in [2.45, 2.75) is 0 Å². The zero-order chi connectivity index (χ0) is 15.9. The fourth-order valence-electron chi connectivity index (χ4n) is 2.72. The van der Waals surface area contributed by atoms with Crippen molar-refractivity contribution >= 4 is 12.0 Å². The van der Waals surface area contributed by atoms with Gasteiger partial charge in [-0.05, 0) is 12.1 Å². The molecule has 120 valence electrons. The van der Waals surface area contributed by atoms with Crippen LogP contribution in [0.25, 0.3) is 6.08 Å². The number of rotatable bonds is 5. The molecule has 1 saturated heterocycles. The van der Waals surface area contributed by atoms with Crippen LogP contribution in [0.5, 0.6) is 5.75 Å². The lowest BCUT2D eigenvalue weighted by Crippen LogP contribution is -2.46. The predicted octanol–water partition coefficient (Wildman–Crippen LogP) is 2.32. The summed E-state index contributed by atoms with van der Waals surface area (Å²) in [5, 5.41) is 0. The van der Waals surface area contributed by atoms with Crippen LogP contribution in [0.3, 0.4) is 0 Å². The fourth-order valence-corrected chi connectivity index (χ4v) is 2.72. The van der Waals surface area contributed by atoms with E-state index in [1.54, 1.807) is 19.5 Å². The number of hydrogen-bond acceptors (Lipinski definition) is 5. The molecule has 23 heavy (non-hydrogen) atoms. The topological polar surface area (TPSA) is 41.5 Å². The van der Waals surface area contributed by atoms with Gasteiger partial charge in [0.25, 0.3) is 0 Å². The molecular formula is C18H22N4O. The van der Waals surface area contributed by atoms with Gasteiger partial charge in [0, 0.05) is 50.7 Å². The van der Waals surface area contributed by atoms with Crippen molar-refractivity contribution in [2.24, 2.45) is 0 Å². The van der Waals surface area contributed by atoms with Gasteiger partial charge < -0.3 is 9.64 Å². The first kappa shape index (κ1) is 15.5. The molecule has 0 unspecified atom stereocenters. The maximum absolute atomic E-state index is 5.37. The fraction of sp³-hybridized carbons (Fsp3) is 0.333. The Kier molecular flexibility index (Phi) is 5.21. The van der Waals surface area contributed by atoms with Crippen LogP contribution in [0, 0.1) is 0 Å². The number of ether oxygens (including phenoxy) is 1. The maximum atomic E-state index is 5.37. The van der Waals surface area contributed by atoms with E-state index in [0.29, 0.717) is 0 Å². The quantitative estimate of drug-likeness (QED) is 0.848. The van der Waals surface area contributed by atoms with Gasteiger partial charge in [0.05, 0.1) is 7.11 Å². The minimum absolute atomic E-state index is 0.830. The highest BCUT2D eigenvalue weighted by molar-refractivity contribution is 5.57. The number of benzene rings is 1. The summed E-state index contributed by atoms with van der Waals surface area (Å²) in [6, 6.07) is 9.92. The standard InChI is InChI=1S/C18H22N4O/c1-23-17-8-3-2-6-16(17)7-4-11-21-12-14-22(15-13-21)18-19-9-5-10-20-18/h2-10H,11-15H2,1H3/b7-4+. The van der Waals surface area contributed by atoms with E-state index in [-0.39, 0.29) is 0 Å². The summed E-state index contributed by atoms with van der Waals surface area (Å²) < 4.78 is 5.37. The summed E-state index contributed by atoms with van der Waals surface area (Å²) >= 11 is 0. The van der Waals surface area contributed by atoms with Crippen molar-refractivity contribution in [1.82, 2.24) is 14.9 Å². The Bertz CT molecular complexity index is 636. The second-order valence-corrected chi connectivity index (χ2v) is 5.48. The van der Waals surface area contributed by atoms with Crippen LogP contribution >= 0.6 is 0 Å². The second-order valence-electron chi connectivity index (χ2n) is 5.48. The normalized spacial score (nSPS) is 16.0. The SMILES string of the molecule is COc1ccccc1/C=C/CN1CCN(c2ncccn2)CC1. The zero-order valence-electron chi connectivity index (χ0n) is 13.4. The molecule has 1 fully saturated rings. The number of para-hydroxylation sites is 1. The van der Waals surface area contributed by atoms with Crippen molar-refractivity contribution in [2.75, 3.05) is 44.7 Å². The Morgan fingerprint density at radius 3 is 2.52 bits per heavy atom. The molecule has 2 heterocycles. The third-order valence-corrected chi connectivity index (χ3v) is 4.01. The van der Waals surface area contributed by atoms with Crippen molar-refractivity contribution in [3.8, 4) is 5.75 Å². The molecule has 0 radical (unpaired) electrons. The van der Waals surface area contributed by atoms with E-state index in [9.17, 15) is 0 Å². The highest BCUT2D eigenvalue weighted by Crippen LogP contribution is 2.18. The van der Waals surface area contributed by atoms with Gasteiger partial charge in [-0.2, -0.15) is 0 Å². The van der Waals surface area contributed by atoms with Gasteiger partial charge in [-0.1, -0.05) is 30.4 Å². The Hall–Kier alpha value is -2.40. The van der Waals surface area contributed by atoms with Crippen LogP contribution in [0.15, 0.2) is 48.8 Å². The molecule has 0 bridgehead atoms. The van der Waals surface area contributed by atoms with Crippen molar-refractivity contribution in [1.29, 1.82) is 0 Å². The molecule has 1 aliphatic heterocycles. The van der Waals surface area contributed by atoms with Gasteiger partial charge in [-0.3, -0.25) is 4.90 Å². The molecule has 0 N–H and O–H groups in total. The molecule has 1 aromatic heterocycles. The molecule has 0 spiro atoms. The monoisotopic (exact) mass is 310 g/mol. The molecule has 0 aliphatic carbocycles. The third kappa shape index (κ3) is 4.07. The lowest BCUT2D eigenvalue weighted by molar-refractivity contribution is 0.283. The molecule has 0 amide bonds. The van der Waals surface area contributed by atoms with Gasteiger partial charge in [0.2, 0.25) is 5.95 Å². The highest BCUT2D eigenvalue weighted by atomic mass is 16.5. The first-order chi connectivity index (χ1) is 11.4. The molecular weight excluding hydrogens is 288 g/mol. The molecule has 0 atom stereocenters. The predicted molar refractivity (Wildman–Crippen MR) is 92.7 cm³/mol. The molecule has 2 aromatic rings. The molecule has 3 rings (SSSR count). The summed E-state index contributed by atoms with van der Waals surface area (Å²) in [7, 11) is 1.71. The van der Waals surface area contributed by atoms with Crippen LogP contribution in [-0.2, 0) is 0 Å². The Morgan fingerprint density at radius 1 is 1.04 bits per heavy atom. The van der Waals surface area contributed by atoms with Gasteiger partial charge >= 0.3 is 0 Å². The van der Waals surface area contributed by atoms with E-state index in [1.165, 1.54) is 0 Å². The number of nitrogens with zero attached hydrogens (tertiary/aromatic N) is 4.